The first-order valence-electron chi connectivity index (χ1n) is 7.86. The molecule has 0 aliphatic carbocycles. The summed E-state index contributed by atoms with van der Waals surface area (Å²) in [6.07, 6.45) is 1.04. The predicted molar refractivity (Wildman–Crippen MR) is 93.6 cm³/mol. The second-order valence-electron chi connectivity index (χ2n) is 6.22. The fourth-order valence-electron chi connectivity index (χ4n) is 3.41. The SMILES string of the molecule is OC[C@@H]1CN(Cc2ccccc2)C[C@H]1Cc1cccc(Br)c1. The van der Waals surface area contributed by atoms with Crippen LogP contribution in [0.2, 0.25) is 0 Å². The zero-order valence-electron chi connectivity index (χ0n) is 12.7. The van der Waals surface area contributed by atoms with Gasteiger partial charge in [0.25, 0.3) is 0 Å². The van der Waals surface area contributed by atoms with Gasteiger partial charge in [-0.15, -0.1) is 0 Å². The molecule has 2 nitrogen and oxygen atoms in total. The van der Waals surface area contributed by atoms with Gasteiger partial charge < -0.3 is 5.11 Å². The number of rotatable bonds is 5. The van der Waals surface area contributed by atoms with Crippen LogP contribution in [0, 0.1) is 11.8 Å². The maximum Gasteiger partial charge on any atom is 0.0474 e. The second kappa shape index (κ2) is 7.40. The molecule has 1 N–H and O–H groups in total. The summed E-state index contributed by atoms with van der Waals surface area (Å²) >= 11 is 3.54. The number of likely N-dealkylation sites (tertiary alicyclic amines) is 1. The third-order valence-electron chi connectivity index (χ3n) is 4.52. The van der Waals surface area contributed by atoms with Gasteiger partial charge in [-0.2, -0.15) is 0 Å². The van der Waals surface area contributed by atoms with Crippen LogP contribution in [0.15, 0.2) is 59.1 Å². The summed E-state index contributed by atoms with van der Waals surface area (Å²) in [7, 11) is 0. The summed E-state index contributed by atoms with van der Waals surface area (Å²) in [4.78, 5) is 2.47. The molecular formula is C19H22BrNO. The molecule has 22 heavy (non-hydrogen) atoms. The number of benzene rings is 2. The summed E-state index contributed by atoms with van der Waals surface area (Å²) in [5.74, 6) is 0.908. The van der Waals surface area contributed by atoms with E-state index < -0.39 is 0 Å². The van der Waals surface area contributed by atoms with Crippen molar-refractivity contribution in [2.24, 2.45) is 11.8 Å². The molecule has 0 unspecified atom stereocenters. The van der Waals surface area contributed by atoms with Crippen LogP contribution in [0.25, 0.3) is 0 Å². The quantitative estimate of drug-likeness (QED) is 0.878. The van der Waals surface area contributed by atoms with Crippen molar-refractivity contribution in [1.29, 1.82) is 0 Å². The minimum absolute atomic E-state index is 0.282. The molecule has 0 spiro atoms. The van der Waals surface area contributed by atoms with Crippen molar-refractivity contribution >= 4 is 15.9 Å². The van der Waals surface area contributed by atoms with Crippen molar-refractivity contribution in [2.75, 3.05) is 19.7 Å². The lowest BCUT2D eigenvalue weighted by molar-refractivity contribution is 0.199. The first kappa shape index (κ1) is 15.7. The van der Waals surface area contributed by atoms with E-state index in [1.54, 1.807) is 0 Å². The molecule has 2 aromatic rings. The fraction of sp³-hybridized carbons (Fsp3) is 0.368. The highest BCUT2D eigenvalue weighted by Crippen LogP contribution is 2.28. The number of hydrogen-bond acceptors (Lipinski definition) is 2. The van der Waals surface area contributed by atoms with Gasteiger partial charge in [-0.3, -0.25) is 4.90 Å². The molecule has 3 rings (SSSR count). The molecule has 2 atom stereocenters. The molecule has 1 aliphatic rings. The summed E-state index contributed by atoms with van der Waals surface area (Å²) in [5, 5.41) is 9.72. The summed E-state index contributed by atoms with van der Waals surface area (Å²) in [6, 6.07) is 19.1. The molecule has 0 radical (unpaired) electrons. The van der Waals surface area contributed by atoms with E-state index in [2.05, 4.69) is 75.4 Å². The lowest BCUT2D eigenvalue weighted by Crippen LogP contribution is -2.20. The Morgan fingerprint density at radius 2 is 1.68 bits per heavy atom. The van der Waals surface area contributed by atoms with Crippen molar-refractivity contribution in [2.45, 2.75) is 13.0 Å². The summed E-state index contributed by atoms with van der Waals surface area (Å²) < 4.78 is 1.13. The van der Waals surface area contributed by atoms with Crippen LogP contribution in [-0.2, 0) is 13.0 Å². The molecule has 3 heteroatoms. The van der Waals surface area contributed by atoms with E-state index in [-0.39, 0.29) is 6.61 Å². The Morgan fingerprint density at radius 1 is 0.955 bits per heavy atom. The Balaban J connectivity index is 1.64. The normalized spacial score (nSPS) is 22.1. The van der Waals surface area contributed by atoms with Crippen LogP contribution in [-0.4, -0.2) is 29.7 Å². The molecular weight excluding hydrogens is 338 g/mol. The van der Waals surface area contributed by atoms with E-state index in [1.807, 2.05) is 0 Å². The highest BCUT2D eigenvalue weighted by molar-refractivity contribution is 9.10. The van der Waals surface area contributed by atoms with E-state index >= 15 is 0 Å². The zero-order chi connectivity index (χ0) is 15.4. The van der Waals surface area contributed by atoms with Gasteiger partial charge in [0.05, 0.1) is 0 Å². The van der Waals surface area contributed by atoms with Gasteiger partial charge in [-0.1, -0.05) is 58.4 Å². The predicted octanol–water partition coefficient (Wildman–Crippen LogP) is 3.73. The van der Waals surface area contributed by atoms with Crippen LogP contribution in [0.5, 0.6) is 0 Å². The van der Waals surface area contributed by atoms with E-state index in [4.69, 9.17) is 0 Å². The first-order valence-corrected chi connectivity index (χ1v) is 8.65. The van der Waals surface area contributed by atoms with Crippen molar-refractivity contribution in [3.63, 3.8) is 0 Å². The lowest BCUT2D eigenvalue weighted by atomic mass is 9.90. The smallest absolute Gasteiger partial charge is 0.0474 e. The van der Waals surface area contributed by atoms with Gasteiger partial charge in [0.2, 0.25) is 0 Å². The average Bonchev–Trinajstić information content (AvgIpc) is 2.90. The first-order chi connectivity index (χ1) is 10.7. The van der Waals surface area contributed by atoms with E-state index in [1.165, 1.54) is 11.1 Å². The van der Waals surface area contributed by atoms with Gasteiger partial charge in [0.15, 0.2) is 0 Å². The number of hydrogen-bond donors (Lipinski definition) is 1. The maximum atomic E-state index is 9.72. The van der Waals surface area contributed by atoms with E-state index in [0.717, 1.165) is 30.5 Å². The molecule has 2 aromatic carbocycles. The van der Waals surface area contributed by atoms with Crippen LogP contribution in [0.3, 0.4) is 0 Å². The molecule has 1 fully saturated rings. The van der Waals surface area contributed by atoms with Gasteiger partial charge in [-0.25, -0.2) is 0 Å². The molecule has 0 saturated carbocycles. The number of aliphatic hydroxyl groups is 1. The van der Waals surface area contributed by atoms with Crippen molar-refractivity contribution in [3.05, 3.63) is 70.2 Å². The minimum Gasteiger partial charge on any atom is -0.396 e. The molecule has 0 amide bonds. The topological polar surface area (TPSA) is 23.5 Å². The standard InChI is InChI=1S/C19H22BrNO/c20-19-8-4-7-16(10-19)9-17-12-21(13-18(17)14-22)11-15-5-2-1-3-6-15/h1-8,10,17-18,22H,9,11-14H2/t17-,18+/m1/s1. The minimum atomic E-state index is 0.282. The lowest BCUT2D eigenvalue weighted by Gasteiger charge is -2.16. The number of nitrogens with zero attached hydrogens (tertiary/aromatic N) is 1. The maximum absolute atomic E-state index is 9.72. The molecule has 116 valence electrons. The van der Waals surface area contributed by atoms with Crippen LogP contribution in [0.4, 0.5) is 0 Å². The molecule has 0 aromatic heterocycles. The third-order valence-corrected chi connectivity index (χ3v) is 5.02. The fourth-order valence-corrected chi connectivity index (χ4v) is 3.86. The van der Waals surface area contributed by atoms with Gasteiger partial charge in [-0.05, 0) is 41.5 Å². The molecule has 1 aliphatic heterocycles. The summed E-state index contributed by atoms with van der Waals surface area (Å²) in [5.41, 5.74) is 2.70. The van der Waals surface area contributed by atoms with Gasteiger partial charge in [0, 0.05) is 30.7 Å². The Kier molecular flexibility index (Phi) is 5.29. The van der Waals surface area contributed by atoms with Crippen molar-refractivity contribution in [1.82, 2.24) is 4.90 Å². The Hall–Kier alpha value is -1.16. The average molecular weight is 360 g/mol. The Labute approximate surface area is 140 Å². The molecule has 1 saturated heterocycles. The third kappa shape index (κ3) is 3.97. The Bertz CT molecular complexity index is 601. The van der Waals surface area contributed by atoms with E-state index in [0.29, 0.717) is 11.8 Å². The van der Waals surface area contributed by atoms with Crippen LogP contribution in [0.1, 0.15) is 11.1 Å². The zero-order valence-corrected chi connectivity index (χ0v) is 14.2. The molecule has 1 heterocycles. The van der Waals surface area contributed by atoms with E-state index in [9.17, 15) is 5.11 Å². The monoisotopic (exact) mass is 359 g/mol. The van der Waals surface area contributed by atoms with Crippen LogP contribution < -0.4 is 0 Å². The highest BCUT2D eigenvalue weighted by atomic mass is 79.9. The largest absolute Gasteiger partial charge is 0.396 e. The van der Waals surface area contributed by atoms with Gasteiger partial charge >= 0.3 is 0 Å². The number of halogens is 1. The second-order valence-corrected chi connectivity index (χ2v) is 7.13. The van der Waals surface area contributed by atoms with Crippen LogP contribution >= 0.6 is 15.9 Å². The van der Waals surface area contributed by atoms with Crippen molar-refractivity contribution < 1.29 is 5.11 Å². The highest BCUT2D eigenvalue weighted by Gasteiger charge is 2.32. The molecule has 0 bridgehead atoms. The van der Waals surface area contributed by atoms with Crippen molar-refractivity contribution in [3.8, 4) is 0 Å². The Morgan fingerprint density at radius 3 is 2.41 bits per heavy atom. The summed E-state index contributed by atoms with van der Waals surface area (Å²) in [6.45, 7) is 3.31. The van der Waals surface area contributed by atoms with Gasteiger partial charge in [0.1, 0.15) is 0 Å². The number of aliphatic hydroxyl groups excluding tert-OH is 1.